The van der Waals surface area contributed by atoms with Crippen LogP contribution in [0.25, 0.3) is 0 Å². The zero-order valence-electron chi connectivity index (χ0n) is 14.4. The third-order valence-corrected chi connectivity index (χ3v) is 7.11. The Bertz CT molecular complexity index is 530. The second-order valence-electron chi connectivity index (χ2n) is 7.08. The highest BCUT2D eigenvalue weighted by molar-refractivity contribution is 8.01. The first-order chi connectivity index (χ1) is 11.7. The van der Waals surface area contributed by atoms with E-state index in [0.717, 1.165) is 15.9 Å². The third-order valence-electron chi connectivity index (χ3n) is 5.12. The van der Waals surface area contributed by atoms with Gasteiger partial charge in [-0.25, -0.2) is 0 Å². The van der Waals surface area contributed by atoms with Crippen molar-refractivity contribution in [2.24, 2.45) is 5.92 Å². The van der Waals surface area contributed by atoms with Crippen LogP contribution in [0.3, 0.4) is 0 Å². The summed E-state index contributed by atoms with van der Waals surface area (Å²) < 4.78 is 0.875. The zero-order chi connectivity index (χ0) is 16.8. The summed E-state index contributed by atoms with van der Waals surface area (Å²) >= 11 is 3.06. The van der Waals surface area contributed by atoms with Crippen LogP contribution in [0.2, 0.25) is 0 Å². The highest BCUT2D eigenvalue weighted by Crippen LogP contribution is 2.28. The lowest BCUT2D eigenvalue weighted by atomic mass is 9.86. The lowest BCUT2D eigenvalue weighted by molar-refractivity contribution is -0.119. The maximum atomic E-state index is 12.2. The Balaban J connectivity index is 1.40. The molecule has 0 bridgehead atoms. The fraction of sp³-hybridized carbons (Fsp3) is 0.824. The summed E-state index contributed by atoms with van der Waals surface area (Å²) in [7, 11) is 0. The lowest BCUT2D eigenvalue weighted by Crippen LogP contribution is -2.41. The number of hydrogen-bond donors (Lipinski definition) is 2. The maximum absolute atomic E-state index is 12.2. The Labute approximate surface area is 152 Å². The molecule has 0 saturated heterocycles. The van der Waals surface area contributed by atoms with Crippen LogP contribution in [0.1, 0.15) is 64.7 Å². The summed E-state index contributed by atoms with van der Waals surface area (Å²) in [6.45, 7) is 2.24. The summed E-state index contributed by atoms with van der Waals surface area (Å²) in [4.78, 5) is 12.2. The number of nitrogens with zero attached hydrogens (tertiary/aromatic N) is 2. The Morgan fingerprint density at radius 3 is 2.67 bits per heavy atom. The first kappa shape index (κ1) is 18.0. The van der Waals surface area contributed by atoms with Gasteiger partial charge in [-0.2, -0.15) is 0 Å². The van der Waals surface area contributed by atoms with E-state index in [1.54, 1.807) is 11.3 Å². The van der Waals surface area contributed by atoms with E-state index in [2.05, 4.69) is 27.8 Å². The van der Waals surface area contributed by atoms with Crippen LogP contribution >= 0.6 is 23.1 Å². The van der Waals surface area contributed by atoms with E-state index in [1.807, 2.05) is 0 Å². The van der Waals surface area contributed by atoms with Gasteiger partial charge in [-0.3, -0.25) is 4.79 Å². The predicted octanol–water partition coefficient (Wildman–Crippen LogP) is 4.07. The molecule has 7 heteroatoms. The van der Waals surface area contributed by atoms with Crippen molar-refractivity contribution in [3.05, 3.63) is 0 Å². The second-order valence-corrected chi connectivity index (χ2v) is 9.28. The van der Waals surface area contributed by atoms with E-state index >= 15 is 0 Å². The molecule has 2 fully saturated rings. The predicted molar refractivity (Wildman–Crippen MR) is 101 cm³/mol. The van der Waals surface area contributed by atoms with Crippen molar-refractivity contribution >= 4 is 34.1 Å². The van der Waals surface area contributed by atoms with Gasteiger partial charge in [0, 0.05) is 12.1 Å². The number of carbonyl (C=O) groups is 1. The molecule has 1 amide bonds. The third kappa shape index (κ3) is 5.34. The molecule has 1 heterocycles. The Morgan fingerprint density at radius 2 is 1.88 bits per heavy atom. The number of carbonyl (C=O) groups excluding carboxylic acids is 1. The Morgan fingerprint density at radius 1 is 1.12 bits per heavy atom. The first-order valence-corrected chi connectivity index (χ1v) is 11.0. The molecule has 0 spiro atoms. The van der Waals surface area contributed by atoms with Gasteiger partial charge in [0.2, 0.25) is 11.0 Å². The van der Waals surface area contributed by atoms with Crippen molar-refractivity contribution in [1.29, 1.82) is 0 Å². The van der Waals surface area contributed by atoms with Crippen molar-refractivity contribution in [3.8, 4) is 0 Å². The molecule has 24 heavy (non-hydrogen) atoms. The summed E-state index contributed by atoms with van der Waals surface area (Å²) in [5.41, 5.74) is 0. The largest absolute Gasteiger partial charge is 0.357 e. The number of anilines is 1. The van der Waals surface area contributed by atoms with Crippen molar-refractivity contribution in [3.63, 3.8) is 0 Å². The smallest absolute Gasteiger partial charge is 0.230 e. The average Bonchev–Trinajstić information content (AvgIpc) is 3.03. The minimum Gasteiger partial charge on any atom is -0.357 e. The minimum absolute atomic E-state index is 0.121. The molecule has 1 aromatic heterocycles. The van der Waals surface area contributed by atoms with Crippen molar-refractivity contribution in [2.45, 2.75) is 81.1 Å². The van der Waals surface area contributed by atoms with Gasteiger partial charge in [0.1, 0.15) is 0 Å². The van der Waals surface area contributed by atoms with E-state index < -0.39 is 0 Å². The zero-order valence-corrected chi connectivity index (χ0v) is 16.1. The van der Waals surface area contributed by atoms with Gasteiger partial charge in [-0.15, -0.1) is 10.2 Å². The highest BCUT2D eigenvalue weighted by atomic mass is 32.2. The molecule has 2 saturated carbocycles. The normalized spacial score (nSPS) is 25.4. The molecule has 5 nitrogen and oxygen atoms in total. The monoisotopic (exact) mass is 368 g/mol. The van der Waals surface area contributed by atoms with E-state index in [-0.39, 0.29) is 5.91 Å². The van der Waals surface area contributed by atoms with Gasteiger partial charge in [0.15, 0.2) is 4.34 Å². The van der Waals surface area contributed by atoms with Crippen molar-refractivity contribution < 1.29 is 4.79 Å². The highest BCUT2D eigenvalue weighted by Gasteiger charge is 2.23. The molecule has 2 N–H and O–H groups in total. The number of amides is 1. The van der Waals surface area contributed by atoms with Crippen LogP contribution in [0.4, 0.5) is 5.13 Å². The van der Waals surface area contributed by atoms with Crippen LogP contribution < -0.4 is 10.6 Å². The van der Waals surface area contributed by atoms with E-state index in [0.29, 0.717) is 23.8 Å². The van der Waals surface area contributed by atoms with Crippen LogP contribution in [-0.2, 0) is 4.79 Å². The summed E-state index contributed by atoms with van der Waals surface area (Å²) in [5, 5.41) is 16.0. The number of thioether (sulfide) groups is 1. The quantitative estimate of drug-likeness (QED) is 0.741. The van der Waals surface area contributed by atoms with Crippen LogP contribution in [0.5, 0.6) is 0 Å². The maximum Gasteiger partial charge on any atom is 0.230 e. The van der Waals surface area contributed by atoms with Crippen LogP contribution in [0, 0.1) is 5.92 Å². The van der Waals surface area contributed by atoms with Gasteiger partial charge in [0.25, 0.3) is 0 Å². The summed E-state index contributed by atoms with van der Waals surface area (Å²) in [6.07, 6.45) is 11.3. The molecular formula is C17H28N4OS2. The molecule has 0 aliphatic heterocycles. The SMILES string of the molecule is C[C@H]1CCCC[C@@H]1NC(=O)CSc1nnc(NC2CCCCC2)s1. The Hall–Kier alpha value is -0.820. The van der Waals surface area contributed by atoms with E-state index in [9.17, 15) is 4.79 Å². The lowest BCUT2D eigenvalue weighted by Gasteiger charge is -2.29. The fourth-order valence-electron chi connectivity index (χ4n) is 3.65. The van der Waals surface area contributed by atoms with E-state index in [4.69, 9.17) is 0 Å². The number of rotatable bonds is 6. The van der Waals surface area contributed by atoms with Gasteiger partial charge in [-0.1, -0.05) is 62.1 Å². The number of hydrogen-bond acceptors (Lipinski definition) is 6. The molecule has 134 valence electrons. The Kier molecular flexibility index (Phi) is 6.77. The van der Waals surface area contributed by atoms with Gasteiger partial charge in [-0.05, 0) is 31.6 Å². The van der Waals surface area contributed by atoms with E-state index in [1.165, 1.54) is 63.1 Å². The molecule has 2 aliphatic rings. The minimum atomic E-state index is 0.121. The fourth-order valence-corrected chi connectivity index (χ4v) is 5.29. The molecule has 1 aromatic rings. The van der Waals surface area contributed by atoms with Crippen molar-refractivity contribution in [2.75, 3.05) is 11.1 Å². The molecule has 0 aromatic carbocycles. The summed E-state index contributed by atoms with van der Waals surface area (Å²) in [5.74, 6) is 1.15. The van der Waals surface area contributed by atoms with Crippen molar-refractivity contribution in [1.82, 2.24) is 15.5 Å². The summed E-state index contributed by atoms with van der Waals surface area (Å²) in [6, 6.07) is 0.894. The molecule has 0 unspecified atom stereocenters. The van der Waals surface area contributed by atoms with Crippen LogP contribution in [-0.4, -0.2) is 33.9 Å². The van der Waals surface area contributed by atoms with Crippen LogP contribution in [0.15, 0.2) is 4.34 Å². The molecule has 3 rings (SSSR count). The molecule has 2 aliphatic carbocycles. The number of aromatic nitrogens is 2. The first-order valence-electron chi connectivity index (χ1n) is 9.23. The molecular weight excluding hydrogens is 340 g/mol. The molecule has 2 atom stereocenters. The van der Waals surface area contributed by atoms with Gasteiger partial charge in [0.05, 0.1) is 5.75 Å². The standard InChI is InChI=1S/C17H28N4OS2/c1-12-7-5-6-10-14(12)19-15(22)11-23-17-21-20-16(24-17)18-13-8-3-2-4-9-13/h12-14H,2-11H2,1H3,(H,18,20)(H,19,22)/t12-,14-/m0/s1. The number of nitrogens with one attached hydrogen (secondary N) is 2. The van der Waals surface area contributed by atoms with Gasteiger partial charge < -0.3 is 10.6 Å². The topological polar surface area (TPSA) is 66.9 Å². The van der Waals surface area contributed by atoms with Gasteiger partial charge >= 0.3 is 0 Å². The molecule has 0 radical (unpaired) electrons. The average molecular weight is 369 g/mol. The second kappa shape index (κ2) is 9.04.